The minimum atomic E-state index is -0.890. The predicted octanol–water partition coefficient (Wildman–Crippen LogP) is 0.900. The van der Waals surface area contributed by atoms with Gasteiger partial charge in [0.2, 0.25) is 5.91 Å². The monoisotopic (exact) mass is 259 g/mol. The van der Waals surface area contributed by atoms with Crippen molar-refractivity contribution in [1.29, 1.82) is 0 Å². The maximum absolute atomic E-state index is 11.7. The van der Waals surface area contributed by atoms with Crippen molar-refractivity contribution in [1.82, 2.24) is 15.3 Å². The van der Waals surface area contributed by atoms with Gasteiger partial charge >= 0.3 is 5.97 Å². The second-order valence-electron chi connectivity index (χ2n) is 4.76. The van der Waals surface area contributed by atoms with Crippen molar-refractivity contribution < 1.29 is 14.7 Å². The molecule has 98 valence electrons. The number of carboxylic acid groups (broad SMARTS) is 1. The molecule has 6 heteroatoms. The van der Waals surface area contributed by atoms with Gasteiger partial charge in [0.05, 0.1) is 29.2 Å². The second-order valence-corrected chi connectivity index (χ2v) is 4.76. The lowest BCUT2D eigenvalue weighted by Gasteiger charge is -2.04. The van der Waals surface area contributed by atoms with Gasteiger partial charge in [0, 0.05) is 6.54 Å². The van der Waals surface area contributed by atoms with E-state index in [9.17, 15) is 9.59 Å². The number of H-pyrrole nitrogens is 1. The Kier molecular flexibility index (Phi) is 2.70. The number of benzene rings is 1. The molecular weight excluding hydrogens is 246 g/mol. The molecule has 0 bridgehead atoms. The van der Waals surface area contributed by atoms with E-state index in [-0.39, 0.29) is 11.8 Å². The van der Waals surface area contributed by atoms with E-state index >= 15 is 0 Å². The largest absolute Gasteiger partial charge is 0.481 e. The summed E-state index contributed by atoms with van der Waals surface area (Å²) in [7, 11) is 0. The molecule has 19 heavy (non-hydrogen) atoms. The Hall–Kier alpha value is -2.37. The van der Waals surface area contributed by atoms with Crippen LogP contribution < -0.4 is 5.32 Å². The summed E-state index contributed by atoms with van der Waals surface area (Å²) in [5.41, 5.74) is 2.75. The number of aliphatic carboxylic acids is 1. The molecular formula is C13H13N3O3. The van der Waals surface area contributed by atoms with Crippen LogP contribution in [0.25, 0.3) is 11.0 Å². The smallest absolute Gasteiger partial charge is 0.307 e. The van der Waals surface area contributed by atoms with Crippen LogP contribution >= 0.6 is 0 Å². The Balaban J connectivity index is 1.60. The lowest BCUT2D eigenvalue weighted by molar-refractivity contribution is -0.140. The Labute approximate surface area is 108 Å². The highest BCUT2D eigenvalue weighted by Crippen LogP contribution is 2.38. The van der Waals surface area contributed by atoms with E-state index < -0.39 is 11.9 Å². The predicted molar refractivity (Wildman–Crippen MR) is 67.2 cm³/mol. The minimum Gasteiger partial charge on any atom is -0.481 e. The zero-order valence-electron chi connectivity index (χ0n) is 10.1. The molecule has 1 fully saturated rings. The first-order chi connectivity index (χ1) is 9.15. The fourth-order valence-corrected chi connectivity index (χ4v) is 2.17. The second kappa shape index (κ2) is 4.38. The molecule has 2 atom stereocenters. The van der Waals surface area contributed by atoms with Gasteiger partial charge < -0.3 is 15.4 Å². The molecule has 0 spiro atoms. The third kappa shape index (κ3) is 2.29. The van der Waals surface area contributed by atoms with Crippen molar-refractivity contribution in [2.24, 2.45) is 11.8 Å². The number of carboxylic acids is 1. The highest BCUT2D eigenvalue weighted by molar-refractivity contribution is 5.89. The molecule has 2 unspecified atom stereocenters. The Morgan fingerprint density at radius 1 is 1.42 bits per heavy atom. The molecule has 1 saturated carbocycles. The van der Waals surface area contributed by atoms with E-state index in [0.29, 0.717) is 13.0 Å². The topological polar surface area (TPSA) is 95.1 Å². The van der Waals surface area contributed by atoms with Gasteiger partial charge in [0.15, 0.2) is 0 Å². The number of hydrogen-bond donors (Lipinski definition) is 3. The maximum atomic E-state index is 11.7. The van der Waals surface area contributed by atoms with Crippen LogP contribution in [0.15, 0.2) is 24.5 Å². The standard InChI is InChI=1S/C13H13N3O3/c17-12(8-4-9(8)13(18)19)14-5-7-1-2-10-11(3-7)16-6-15-10/h1-3,6,8-9H,4-5H2,(H,14,17)(H,15,16)(H,18,19). The van der Waals surface area contributed by atoms with Crippen molar-refractivity contribution in [2.45, 2.75) is 13.0 Å². The lowest BCUT2D eigenvalue weighted by atomic mass is 10.2. The number of fused-ring (bicyclic) bond motifs is 1. The van der Waals surface area contributed by atoms with Gasteiger partial charge in [-0.25, -0.2) is 4.98 Å². The zero-order valence-corrected chi connectivity index (χ0v) is 10.1. The minimum absolute atomic E-state index is 0.183. The number of carbonyl (C=O) groups excluding carboxylic acids is 1. The fraction of sp³-hybridized carbons (Fsp3) is 0.308. The van der Waals surface area contributed by atoms with Crippen LogP contribution in [0.2, 0.25) is 0 Å². The number of imidazole rings is 1. The summed E-state index contributed by atoms with van der Waals surface area (Å²) in [6.45, 7) is 0.399. The number of rotatable bonds is 4. The van der Waals surface area contributed by atoms with Crippen molar-refractivity contribution in [3.05, 3.63) is 30.1 Å². The summed E-state index contributed by atoms with van der Waals surface area (Å²) < 4.78 is 0. The number of nitrogens with zero attached hydrogens (tertiary/aromatic N) is 1. The average molecular weight is 259 g/mol. The van der Waals surface area contributed by atoms with E-state index in [0.717, 1.165) is 16.6 Å². The molecule has 0 aliphatic heterocycles. The molecule has 1 aromatic carbocycles. The third-order valence-electron chi connectivity index (χ3n) is 3.40. The van der Waals surface area contributed by atoms with E-state index in [1.165, 1.54) is 0 Å². The number of aromatic amines is 1. The molecule has 1 amide bonds. The summed E-state index contributed by atoms with van der Waals surface area (Å²) >= 11 is 0. The Morgan fingerprint density at radius 2 is 2.26 bits per heavy atom. The number of amides is 1. The van der Waals surface area contributed by atoms with Gasteiger partial charge in [-0.1, -0.05) is 6.07 Å². The maximum Gasteiger partial charge on any atom is 0.307 e. The van der Waals surface area contributed by atoms with Crippen LogP contribution in [0, 0.1) is 11.8 Å². The van der Waals surface area contributed by atoms with Gasteiger partial charge in [-0.3, -0.25) is 9.59 Å². The molecule has 3 N–H and O–H groups in total. The Bertz CT molecular complexity index is 649. The van der Waals surface area contributed by atoms with E-state index in [1.54, 1.807) is 6.33 Å². The summed E-state index contributed by atoms with van der Waals surface area (Å²) in [5.74, 6) is -1.94. The molecule has 1 aliphatic carbocycles. The molecule has 1 aromatic heterocycles. The summed E-state index contributed by atoms with van der Waals surface area (Å²) in [4.78, 5) is 29.5. The van der Waals surface area contributed by atoms with Gasteiger partial charge in [0.25, 0.3) is 0 Å². The fourth-order valence-electron chi connectivity index (χ4n) is 2.17. The highest BCUT2D eigenvalue weighted by Gasteiger charge is 2.48. The van der Waals surface area contributed by atoms with E-state index in [1.807, 2.05) is 18.2 Å². The first-order valence-corrected chi connectivity index (χ1v) is 6.07. The normalized spacial score (nSPS) is 21.3. The van der Waals surface area contributed by atoms with Crippen molar-refractivity contribution in [3.8, 4) is 0 Å². The van der Waals surface area contributed by atoms with Crippen molar-refractivity contribution in [3.63, 3.8) is 0 Å². The first-order valence-electron chi connectivity index (χ1n) is 6.07. The summed E-state index contributed by atoms with van der Waals surface area (Å²) in [6.07, 6.45) is 2.06. The number of carbonyl (C=O) groups is 2. The molecule has 2 aromatic rings. The van der Waals surface area contributed by atoms with Crippen LogP contribution in [-0.2, 0) is 16.1 Å². The third-order valence-corrected chi connectivity index (χ3v) is 3.40. The van der Waals surface area contributed by atoms with Crippen LogP contribution in [0.4, 0.5) is 0 Å². The molecule has 0 saturated heterocycles. The highest BCUT2D eigenvalue weighted by atomic mass is 16.4. The number of hydrogen-bond acceptors (Lipinski definition) is 3. The van der Waals surface area contributed by atoms with Gasteiger partial charge in [-0.2, -0.15) is 0 Å². The zero-order chi connectivity index (χ0) is 13.4. The summed E-state index contributed by atoms with van der Waals surface area (Å²) in [5, 5.41) is 11.5. The molecule has 6 nitrogen and oxygen atoms in total. The van der Waals surface area contributed by atoms with Crippen LogP contribution in [0.1, 0.15) is 12.0 Å². The van der Waals surface area contributed by atoms with Crippen LogP contribution in [0.5, 0.6) is 0 Å². The van der Waals surface area contributed by atoms with Crippen LogP contribution in [0.3, 0.4) is 0 Å². The van der Waals surface area contributed by atoms with E-state index in [4.69, 9.17) is 5.11 Å². The van der Waals surface area contributed by atoms with Gasteiger partial charge in [-0.15, -0.1) is 0 Å². The summed E-state index contributed by atoms with van der Waals surface area (Å²) in [6, 6.07) is 5.69. The van der Waals surface area contributed by atoms with Gasteiger partial charge in [0.1, 0.15) is 0 Å². The van der Waals surface area contributed by atoms with Crippen molar-refractivity contribution in [2.75, 3.05) is 0 Å². The van der Waals surface area contributed by atoms with Crippen LogP contribution in [-0.4, -0.2) is 27.0 Å². The lowest BCUT2D eigenvalue weighted by Crippen LogP contribution is -2.25. The van der Waals surface area contributed by atoms with E-state index in [2.05, 4.69) is 15.3 Å². The number of aromatic nitrogens is 2. The Morgan fingerprint density at radius 3 is 3.00 bits per heavy atom. The van der Waals surface area contributed by atoms with Gasteiger partial charge in [-0.05, 0) is 24.1 Å². The molecule has 0 radical (unpaired) electrons. The number of nitrogens with one attached hydrogen (secondary N) is 2. The molecule has 3 rings (SSSR count). The average Bonchev–Trinajstić information content (AvgIpc) is 3.07. The molecule has 1 heterocycles. The first kappa shape index (κ1) is 11.7. The SMILES string of the molecule is O=C(O)C1CC1C(=O)NCc1ccc2nc[nH]c2c1. The quantitative estimate of drug-likeness (QED) is 0.760. The van der Waals surface area contributed by atoms with Crippen molar-refractivity contribution >= 4 is 22.9 Å². The molecule has 1 aliphatic rings.